The van der Waals surface area contributed by atoms with Crippen molar-refractivity contribution >= 4 is 39.4 Å². The van der Waals surface area contributed by atoms with Crippen molar-refractivity contribution in [1.82, 2.24) is 4.90 Å². The summed E-state index contributed by atoms with van der Waals surface area (Å²) in [4.78, 5) is 33.7. The van der Waals surface area contributed by atoms with Gasteiger partial charge in [-0.2, -0.15) is 13.2 Å². The van der Waals surface area contributed by atoms with Crippen molar-refractivity contribution in [3.8, 4) is 5.75 Å². The van der Waals surface area contributed by atoms with Crippen LogP contribution in [0, 0.1) is 5.41 Å². The number of benzene rings is 2. The van der Waals surface area contributed by atoms with Gasteiger partial charge in [0.1, 0.15) is 22.0 Å². The van der Waals surface area contributed by atoms with Crippen molar-refractivity contribution < 1.29 is 56.8 Å². The van der Waals surface area contributed by atoms with Crippen LogP contribution in [0.1, 0.15) is 38.8 Å². The van der Waals surface area contributed by atoms with Gasteiger partial charge in [0, 0.05) is 23.4 Å². The zero-order valence-electron chi connectivity index (χ0n) is 19.0. The molecule has 2 aromatic rings. The molecule has 3 N–H and O–H groups in total. The average Bonchev–Trinajstić information content (AvgIpc) is 3.05. The molecule has 0 bridgehead atoms. The summed E-state index contributed by atoms with van der Waals surface area (Å²) in [5.41, 5.74) is -2.41. The number of hydrogen-bond donors (Lipinski definition) is 3. The number of halogens is 8. The van der Waals surface area contributed by atoms with E-state index in [2.05, 4.69) is 0 Å². The Labute approximate surface area is 208 Å². The molecule has 1 aliphatic rings. The maximum absolute atomic E-state index is 13.4. The molecule has 2 aromatic carbocycles. The lowest BCUT2D eigenvalue weighted by Crippen LogP contribution is -2.31. The van der Waals surface area contributed by atoms with Gasteiger partial charge in [-0.05, 0) is 42.8 Å². The third-order valence-corrected chi connectivity index (χ3v) is 6.32. The monoisotopic (exact) mass is 575 g/mol. The molecule has 0 aromatic heterocycles. The van der Waals surface area contributed by atoms with E-state index >= 15 is 0 Å². The van der Waals surface area contributed by atoms with Crippen molar-refractivity contribution in [3.63, 3.8) is 0 Å². The summed E-state index contributed by atoms with van der Waals surface area (Å²) < 4.78 is 110. The molecular weight excluding hydrogens is 558 g/mol. The second-order valence-electron chi connectivity index (χ2n) is 8.04. The topological polar surface area (TPSA) is 120 Å². The van der Waals surface area contributed by atoms with Gasteiger partial charge in [0.25, 0.3) is 0 Å². The predicted octanol–water partition coefficient (Wildman–Crippen LogP) is 5.97. The van der Waals surface area contributed by atoms with Crippen LogP contribution in [-0.2, 0) is 11.3 Å². The maximum atomic E-state index is 13.4. The molecule has 0 aliphatic carbocycles. The third-order valence-electron chi connectivity index (χ3n) is 5.19. The molecule has 17 heteroatoms. The molecule has 208 valence electrons. The highest BCUT2D eigenvalue weighted by Crippen LogP contribution is 3.02. The van der Waals surface area contributed by atoms with E-state index in [1.54, 1.807) is 6.92 Å². The third kappa shape index (κ3) is 6.15. The fourth-order valence-electron chi connectivity index (χ4n) is 3.53. The molecule has 1 heterocycles. The second-order valence-corrected chi connectivity index (χ2v) is 10.4. The quantitative estimate of drug-likeness (QED) is 0.264. The van der Waals surface area contributed by atoms with E-state index < -0.39 is 68.7 Å². The van der Waals surface area contributed by atoms with E-state index in [4.69, 9.17) is 10.1 Å². The molecule has 1 aliphatic heterocycles. The number of alkyl halides is 3. The van der Waals surface area contributed by atoms with Crippen molar-refractivity contribution in [1.29, 1.82) is 5.41 Å². The fourth-order valence-corrected chi connectivity index (χ4v) is 4.23. The van der Waals surface area contributed by atoms with Gasteiger partial charge in [0.2, 0.25) is 0 Å². The van der Waals surface area contributed by atoms with Crippen LogP contribution in [0.3, 0.4) is 0 Å². The molecule has 0 atom stereocenters. The summed E-state index contributed by atoms with van der Waals surface area (Å²) in [5, 5.41) is 18.6. The van der Waals surface area contributed by atoms with Crippen LogP contribution < -0.4 is 10.1 Å². The molecule has 0 saturated heterocycles. The Kier molecular flexibility index (Phi) is 6.47. The summed E-state index contributed by atoms with van der Waals surface area (Å²) in [6.07, 6.45) is -5.57. The van der Waals surface area contributed by atoms with E-state index in [0.29, 0.717) is 11.6 Å². The number of ketones is 1. The number of carboxylic acid groups (broad SMARTS) is 1. The highest BCUT2D eigenvalue weighted by molar-refractivity contribution is 8.45. The number of Topliss-reactive ketones (excluding diaryl/α,β-unsaturated/α-hetero) is 1. The number of amidine groups is 1. The number of carboxylic acids is 1. The smallest absolute Gasteiger partial charge is 0.471 e. The number of rotatable bonds is 8. The summed E-state index contributed by atoms with van der Waals surface area (Å²) in [6, 6.07) is 2.07. The first-order valence-electron chi connectivity index (χ1n) is 10.3. The lowest BCUT2D eigenvalue weighted by Gasteiger charge is -2.40. The molecule has 38 heavy (non-hydrogen) atoms. The van der Waals surface area contributed by atoms with E-state index in [-0.39, 0.29) is 36.1 Å². The van der Waals surface area contributed by atoms with Gasteiger partial charge in [-0.25, -0.2) is 4.79 Å². The van der Waals surface area contributed by atoms with Gasteiger partial charge in [-0.15, -0.1) is 0 Å². The molecule has 0 radical (unpaired) electrons. The predicted molar refractivity (Wildman–Crippen MR) is 119 cm³/mol. The van der Waals surface area contributed by atoms with Gasteiger partial charge in [0.05, 0.1) is 13.2 Å². The molecule has 0 spiro atoms. The van der Waals surface area contributed by atoms with Gasteiger partial charge >= 0.3 is 28.3 Å². The number of nitrogens with one attached hydrogen (secondary N) is 2. The van der Waals surface area contributed by atoms with Crippen molar-refractivity contribution in [2.75, 3.05) is 18.5 Å². The van der Waals surface area contributed by atoms with E-state index in [9.17, 15) is 52.1 Å². The highest BCUT2D eigenvalue weighted by Gasteiger charge is 2.65. The maximum Gasteiger partial charge on any atom is 0.471 e. The first-order chi connectivity index (χ1) is 17.1. The Morgan fingerprint density at radius 2 is 1.71 bits per heavy atom. The van der Waals surface area contributed by atoms with Crippen LogP contribution in [0.25, 0.3) is 0 Å². The van der Waals surface area contributed by atoms with Crippen LogP contribution in [-0.4, -0.2) is 52.8 Å². The van der Waals surface area contributed by atoms with E-state index in [1.165, 1.54) is 6.07 Å². The molecule has 0 saturated carbocycles. The van der Waals surface area contributed by atoms with Gasteiger partial charge in [-0.3, -0.25) is 15.0 Å². The summed E-state index contributed by atoms with van der Waals surface area (Å²) in [5.74, 6) is -5.93. The molecule has 8 nitrogen and oxygen atoms in total. The van der Waals surface area contributed by atoms with Crippen molar-refractivity contribution in [2.24, 2.45) is 0 Å². The number of hydrogen-bond acceptors (Lipinski definition) is 5. The Morgan fingerprint density at radius 1 is 1.08 bits per heavy atom. The Balaban J connectivity index is 1.97. The van der Waals surface area contributed by atoms with E-state index in [0.717, 1.165) is 16.3 Å². The summed E-state index contributed by atoms with van der Waals surface area (Å²) in [7, 11) is -10.5. The van der Waals surface area contributed by atoms with Crippen molar-refractivity contribution in [3.05, 3.63) is 52.6 Å². The largest absolute Gasteiger partial charge is 0.493 e. The van der Waals surface area contributed by atoms with Crippen LogP contribution in [0.15, 0.2) is 35.2 Å². The standard InChI is InChI=1S/C21H17F8N3O5S/c1-2-37-17-5-11-8-32(18(30)14(11)7-15(17)19(34)35)9-16(33)10-3-12(31-20(36)21(22,23)24)6-13(4-10)38(25,26,27,28)29/h3-7,30H,2,8-9H2,1H3,(H,31,36)(H,34,35). The lowest BCUT2D eigenvalue weighted by atomic mass is 10.0. The number of nitrogens with zero attached hydrogens (tertiary/aromatic N) is 1. The fraction of sp³-hybridized carbons (Fsp3) is 0.238. The molecule has 0 unspecified atom stereocenters. The number of carbonyl (C=O) groups excluding carboxylic acids is 2. The summed E-state index contributed by atoms with van der Waals surface area (Å²) >= 11 is 0. The van der Waals surface area contributed by atoms with Crippen LogP contribution in [0.2, 0.25) is 0 Å². The minimum Gasteiger partial charge on any atom is -0.493 e. The second kappa shape index (κ2) is 8.57. The SMILES string of the molecule is CCOc1cc2c(cc1C(=O)O)C(=N)N(CC(=O)c1cc(NC(=O)C(F)(F)F)cc(S(F)(F)(F)(F)F)c1)C2. The highest BCUT2D eigenvalue weighted by atomic mass is 32.5. The minimum atomic E-state index is -10.5. The van der Waals surface area contributed by atoms with Crippen molar-refractivity contribution in [2.45, 2.75) is 24.5 Å². The van der Waals surface area contributed by atoms with Crippen LogP contribution in [0.5, 0.6) is 5.75 Å². The first kappa shape index (κ1) is 28.7. The number of amides is 1. The average molecular weight is 575 g/mol. The van der Waals surface area contributed by atoms with Crippen LogP contribution >= 0.6 is 10.2 Å². The Morgan fingerprint density at radius 3 is 2.24 bits per heavy atom. The molecule has 3 rings (SSSR count). The first-order valence-corrected chi connectivity index (χ1v) is 12.2. The Bertz CT molecular complexity index is 1380. The molecule has 0 fully saturated rings. The lowest BCUT2D eigenvalue weighted by molar-refractivity contribution is -0.167. The van der Waals surface area contributed by atoms with E-state index in [1.807, 2.05) is 0 Å². The van der Waals surface area contributed by atoms with Gasteiger partial charge in [-0.1, -0.05) is 19.4 Å². The normalized spacial score (nSPS) is 15.4. The number of carbonyl (C=O) groups is 3. The van der Waals surface area contributed by atoms with Crippen LogP contribution in [0.4, 0.5) is 38.3 Å². The zero-order valence-corrected chi connectivity index (χ0v) is 19.8. The molecular formula is C21H17F8N3O5S. The number of anilines is 1. The number of ether oxygens (including phenoxy) is 1. The Hall–Kier alpha value is -3.89. The van der Waals surface area contributed by atoms with Gasteiger partial charge in [0.15, 0.2) is 5.78 Å². The van der Waals surface area contributed by atoms with Gasteiger partial charge < -0.3 is 20.1 Å². The zero-order chi connectivity index (χ0) is 28.9. The number of aromatic carboxylic acids is 1. The summed E-state index contributed by atoms with van der Waals surface area (Å²) in [6.45, 7) is 0.557. The molecule has 1 amide bonds. The minimum absolute atomic E-state index is 0.0478. The number of fused-ring (bicyclic) bond motifs is 1.